The Labute approximate surface area is 125 Å². The molecule has 2 aromatic rings. The van der Waals surface area contributed by atoms with Gasteiger partial charge in [0.05, 0.1) is 6.61 Å². The molecule has 0 saturated carbocycles. The minimum atomic E-state index is 0.717. The molecule has 1 N–H and O–H groups in total. The summed E-state index contributed by atoms with van der Waals surface area (Å²) in [4.78, 5) is 3.58. The number of thiophene rings is 1. The summed E-state index contributed by atoms with van der Waals surface area (Å²) in [6.45, 7) is 3.53. The zero-order chi connectivity index (χ0) is 14.4. The molecule has 20 heavy (non-hydrogen) atoms. The van der Waals surface area contributed by atoms with E-state index in [4.69, 9.17) is 4.74 Å². The lowest BCUT2D eigenvalue weighted by Gasteiger charge is -2.10. The van der Waals surface area contributed by atoms with E-state index in [1.807, 2.05) is 18.4 Å². The van der Waals surface area contributed by atoms with E-state index in [1.54, 1.807) is 0 Å². The first-order valence-electron chi connectivity index (χ1n) is 7.08. The Balaban J connectivity index is 2.01. The van der Waals surface area contributed by atoms with Gasteiger partial charge in [-0.3, -0.25) is 0 Å². The largest absolute Gasteiger partial charge is 0.377 e. The minimum absolute atomic E-state index is 0.717. The van der Waals surface area contributed by atoms with Gasteiger partial charge in [0.15, 0.2) is 0 Å². The van der Waals surface area contributed by atoms with Gasteiger partial charge in [0.2, 0.25) is 0 Å². The highest BCUT2D eigenvalue weighted by molar-refractivity contribution is 7.19. The van der Waals surface area contributed by atoms with Crippen molar-refractivity contribution in [3.63, 3.8) is 0 Å². The standard InChI is InChI=1S/C16H24N2OS/c1-17-11-16-14(12-19-10-6-9-18(2)3)13-7-4-5-8-15(13)20-16/h4-5,7-8,17H,6,9-12H2,1-3H3. The molecule has 4 heteroatoms. The summed E-state index contributed by atoms with van der Waals surface area (Å²) in [5.74, 6) is 0. The Kier molecular flexibility index (Phi) is 5.98. The van der Waals surface area contributed by atoms with Crippen LogP contribution in [0.25, 0.3) is 10.1 Å². The van der Waals surface area contributed by atoms with Crippen LogP contribution in [0, 0.1) is 0 Å². The molecule has 0 atom stereocenters. The first-order valence-corrected chi connectivity index (χ1v) is 7.90. The molecule has 1 aromatic carbocycles. The molecule has 0 radical (unpaired) electrons. The highest BCUT2D eigenvalue weighted by Gasteiger charge is 2.11. The third-order valence-corrected chi connectivity index (χ3v) is 4.47. The third-order valence-electron chi connectivity index (χ3n) is 3.26. The van der Waals surface area contributed by atoms with E-state index in [0.717, 1.165) is 26.1 Å². The number of ether oxygens (including phenoxy) is 1. The molecule has 0 aliphatic carbocycles. The van der Waals surface area contributed by atoms with Crippen LogP contribution in [0.1, 0.15) is 16.9 Å². The van der Waals surface area contributed by atoms with Crippen LogP contribution in [0.5, 0.6) is 0 Å². The fourth-order valence-corrected chi connectivity index (χ4v) is 3.49. The molecule has 0 saturated heterocycles. The summed E-state index contributed by atoms with van der Waals surface area (Å²) < 4.78 is 7.23. The predicted molar refractivity (Wildman–Crippen MR) is 87.4 cm³/mol. The van der Waals surface area contributed by atoms with Crippen LogP contribution in [0.4, 0.5) is 0 Å². The molecule has 1 heterocycles. The maximum atomic E-state index is 5.88. The van der Waals surface area contributed by atoms with E-state index in [9.17, 15) is 0 Å². The monoisotopic (exact) mass is 292 g/mol. The molecule has 0 aliphatic rings. The third kappa shape index (κ3) is 4.03. The number of benzene rings is 1. The second-order valence-electron chi connectivity index (χ2n) is 5.24. The summed E-state index contributed by atoms with van der Waals surface area (Å²) >= 11 is 1.87. The molecular weight excluding hydrogens is 268 g/mol. The predicted octanol–water partition coefficient (Wildman–Crippen LogP) is 3.09. The average Bonchev–Trinajstić information content (AvgIpc) is 2.76. The van der Waals surface area contributed by atoms with Crippen LogP contribution >= 0.6 is 11.3 Å². The van der Waals surface area contributed by atoms with Crippen molar-refractivity contribution in [2.45, 2.75) is 19.6 Å². The van der Waals surface area contributed by atoms with Gasteiger partial charge in [-0.05, 0) is 45.6 Å². The molecule has 0 bridgehead atoms. The van der Waals surface area contributed by atoms with Gasteiger partial charge in [-0.2, -0.15) is 0 Å². The van der Waals surface area contributed by atoms with Gasteiger partial charge in [-0.25, -0.2) is 0 Å². The van der Waals surface area contributed by atoms with Gasteiger partial charge >= 0.3 is 0 Å². The van der Waals surface area contributed by atoms with Crippen molar-refractivity contribution in [1.29, 1.82) is 0 Å². The minimum Gasteiger partial charge on any atom is -0.377 e. The van der Waals surface area contributed by atoms with Gasteiger partial charge in [-0.1, -0.05) is 18.2 Å². The van der Waals surface area contributed by atoms with Crippen molar-refractivity contribution < 1.29 is 4.74 Å². The Morgan fingerprint density at radius 1 is 1.25 bits per heavy atom. The quantitative estimate of drug-likeness (QED) is 0.757. The second kappa shape index (κ2) is 7.74. The number of hydrogen-bond acceptors (Lipinski definition) is 4. The SMILES string of the molecule is CNCc1sc2ccccc2c1COCCCN(C)C. The van der Waals surface area contributed by atoms with Crippen LogP contribution in [-0.2, 0) is 17.9 Å². The molecule has 0 fully saturated rings. The summed E-state index contributed by atoms with van der Waals surface area (Å²) in [6, 6.07) is 8.59. The molecule has 110 valence electrons. The number of fused-ring (bicyclic) bond motifs is 1. The summed E-state index contributed by atoms with van der Waals surface area (Å²) in [5.41, 5.74) is 1.35. The smallest absolute Gasteiger partial charge is 0.0734 e. The van der Waals surface area contributed by atoms with Crippen LogP contribution in [0.3, 0.4) is 0 Å². The molecule has 0 amide bonds. The van der Waals surface area contributed by atoms with Crippen molar-refractivity contribution in [3.05, 3.63) is 34.7 Å². The lowest BCUT2D eigenvalue weighted by molar-refractivity contribution is 0.113. The topological polar surface area (TPSA) is 24.5 Å². The second-order valence-corrected chi connectivity index (χ2v) is 6.38. The maximum absolute atomic E-state index is 5.88. The first-order chi connectivity index (χ1) is 9.72. The summed E-state index contributed by atoms with van der Waals surface area (Å²) in [7, 11) is 6.18. The summed E-state index contributed by atoms with van der Waals surface area (Å²) in [5, 5.41) is 4.59. The van der Waals surface area contributed by atoms with Crippen molar-refractivity contribution in [2.24, 2.45) is 0 Å². The molecular formula is C16H24N2OS. The fourth-order valence-electron chi connectivity index (χ4n) is 2.27. The van der Waals surface area contributed by atoms with Gasteiger partial charge in [0.1, 0.15) is 0 Å². The Morgan fingerprint density at radius 2 is 2.05 bits per heavy atom. The Hall–Kier alpha value is -0.940. The van der Waals surface area contributed by atoms with Crippen molar-refractivity contribution in [1.82, 2.24) is 10.2 Å². The zero-order valence-corrected chi connectivity index (χ0v) is 13.4. The van der Waals surface area contributed by atoms with E-state index < -0.39 is 0 Å². The van der Waals surface area contributed by atoms with Gasteiger partial charge < -0.3 is 15.0 Å². The number of hydrogen-bond donors (Lipinski definition) is 1. The van der Waals surface area contributed by atoms with E-state index in [2.05, 4.69) is 48.6 Å². The van der Waals surface area contributed by atoms with Crippen LogP contribution in [0.15, 0.2) is 24.3 Å². The van der Waals surface area contributed by atoms with Crippen LogP contribution in [-0.4, -0.2) is 39.2 Å². The van der Waals surface area contributed by atoms with Crippen LogP contribution < -0.4 is 5.32 Å². The van der Waals surface area contributed by atoms with E-state index in [0.29, 0.717) is 6.61 Å². The molecule has 0 spiro atoms. The van der Waals surface area contributed by atoms with Gasteiger partial charge in [0, 0.05) is 28.3 Å². The van der Waals surface area contributed by atoms with E-state index in [1.165, 1.54) is 20.5 Å². The highest BCUT2D eigenvalue weighted by atomic mass is 32.1. The highest BCUT2D eigenvalue weighted by Crippen LogP contribution is 2.31. The summed E-state index contributed by atoms with van der Waals surface area (Å²) in [6.07, 6.45) is 1.08. The number of rotatable bonds is 8. The van der Waals surface area contributed by atoms with E-state index in [-0.39, 0.29) is 0 Å². The fraction of sp³-hybridized carbons (Fsp3) is 0.500. The molecule has 1 aromatic heterocycles. The zero-order valence-electron chi connectivity index (χ0n) is 12.6. The van der Waals surface area contributed by atoms with Crippen LogP contribution in [0.2, 0.25) is 0 Å². The van der Waals surface area contributed by atoms with Gasteiger partial charge in [0.25, 0.3) is 0 Å². The molecule has 3 nitrogen and oxygen atoms in total. The maximum Gasteiger partial charge on any atom is 0.0734 e. The van der Waals surface area contributed by atoms with Crippen molar-refractivity contribution >= 4 is 21.4 Å². The molecule has 2 rings (SSSR count). The Bertz CT molecular complexity index is 536. The normalized spacial score (nSPS) is 11.6. The molecule has 0 aliphatic heterocycles. The lowest BCUT2D eigenvalue weighted by Crippen LogP contribution is -2.15. The Morgan fingerprint density at radius 3 is 2.80 bits per heavy atom. The number of nitrogens with zero attached hydrogens (tertiary/aromatic N) is 1. The number of nitrogens with one attached hydrogen (secondary N) is 1. The lowest BCUT2D eigenvalue weighted by atomic mass is 10.1. The van der Waals surface area contributed by atoms with Crippen molar-refractivity contribution in [2.75, 3.05) is 34.3 Å². The first kappa shape index (κ1) is 15.4. The van der Waals surface area contributed by atoms with Crippen molar-refractivity contribution in [3.8, 4) is 0 Å². The van der Waals surface area contributed by atoms with E-state index >= 15 is 0 Å². The molecule has 0 unspecified atom stereocenters. The average molecular weight is 292 g/mol. The van der Waals surface area contributed by atoms with Gasteiger partial charge in [-0.15, -0.1) is 11.3 Å².